The molecule has 1 aromatic carbocycles. The summed E-state index contributed by atoms with van der Waals surface area (Å²) < 4.78 is 27.6. The topological polar surface area (TPSA) is 107 Å². The third-order valence-electron chi connectivity index (χ3n) is 4.09. The van der Waals surface area contributed by atoms with Crippen molar-refractivity contribution in [2.24, 2.45) is 5.92 Å². The first-order valence-corrected chi connectivity index (χ1v) is 9.97. The number of ether oxygens (including phenoxy) is 1. The van der Waals surface area contributed by atoms with E-state index in [-0.39, 0.29) is 22.3 Å². The van der Waals surface area contributed by atoms with Gasteiger partial charge in [0.2, 0.25) is 5.91 Å². The lowest BCUT2D eigenvalue weighted by Gasteiger charge is -2.20. The number of imide groups is 1. The SMILES string of the molecule is CS(=O)(=O)c1ccc(C(=O)OCC(=O)NC(=O)C2CCCCC2)cc1. The van der Waals surface area contributed by atoms with Gasteiger partial charge < -0.3 is 4.74 Å². The molecule has 1 fully saturated rings. The molecule has 1 aromatic rings. The number of sulfone groups is 1. The van der Waals surface area contributed by atoms with Crippen molar-refractivity contribution in [3.63, 3.8) is 0 Å². The summed E-state index contributed by atoms with van der Waals surface area (Å²) in [5, 5.41) is 2.25. The summed E-state index contributed by atoms with van der Waals surface area (Å²) >= 11 is 0. The Kier molecular flexibility index (Phi) is 6.30. The van der Waals surface area contributed by atoms with Crippen LogP contribution in [0.3, 0.4) is 0 Å². The number of carbonyl (C=O) groups is 3. The Morgan fingerprint density at radius 2 is 1.68 bits per heavy atom. The minimum absolute atomic E-state index is 0.0832. The largest absolute Gasteiger partial charge is 0.452 e. The highest BCUT2D eigenvalue weighted by atomic mass is 32.2. The second kappa shape index (κ2) is 8.24. The van der Waals surface area contributed by atoms with Gasteiger partial charge in [0.25, 0.3) is 5.91 Å². The number of amides is 2. The Labute approximate surface area is 146 Å². The molecule has 1 N–H and O–H groups in total. The van der Waals surface area contributed by atoms with E-state index >= 15 is 0 Å². The Bertz CT molecular complexity index is 748. The minimum atomic E-state index is -3.35. The van der Waals surface area contributed by atoms with Crippen molar-refractivity contribution >= 4 is 27.6 Å². The van der Waals surface area contributed by atoms with Gasteiger partial charge in [-0.2, -0.15) is 0 Å². The van der Waals surface area contributed by atoms with Crippen molar-refractivity contribution in [1.29, 1.82) is 0 Å². The summed E-state index contributed by atoms with van der Waals surface area (Å²) in [6.45, 7) is -0.564. The zero-order valence-corrected chi connectivity index (χ0v) is 14.8. The lowest BCUT2D eigenvalue weighted by molar-refractivity contribution is -0.135. The number of carbonyl (C=O) groups excluding carboxylic acids is 3. The van der Waals surface area contributed by atoms with Gasteiger partial charge in [0, 0.05) is 12.2 Å². The second-order valence-corrected chi connectivity index (χ2v) is 8.14. The third-order valence-corrected chi connectivity index (χ3v) is 5.22. The molecule has 25 heavy (non-hydrogen) atoms. The molecule has 0 unspecified atom stereocenters. The van der Waals surface area contributed by atoms with E-state index in [4.69, 9.17) is 4.74 Å². The van der Waals surface area contributed by atoms with Crippen molar-refractivity contribution in [2.75, 3.05) is 12.9 Å². The Morgan fingerprint density at radius 3 is 2.24 bits per heavy atom. The van der Waals surface area contributed by atoms with Crippen LogP contribution in [0.5, 0.6) is 0 Å². The van der Waals surface area contributed by atoms with Crippen molar-refractivity contribution in [3.05, 3.63) is 29.8 Å². The van der Waals surface area contributed by atoms with Gasteiger partial charge in [-0.3, -0.25) is 14.9 Å². The molecule has 0 spiro atoms. The van der Waals surface area contributed by atoms with Gasteiger partial charge in [0.15, 0.2) is 16.4 Å². The van der Waals surface area contributed by atoms with Crippen LogP contribution in [-0.2, 0) is 24.2 Å². The van der Waals surface area contributed by atoms with E-state index in [1.54, 1.807) is 0 Å². The number of rotatable bonds is 5. The molecule has 2 rings (SSSR count). The Morgan fingerprint density at radius 1 is 1.08 bits per heavy atom. The molecule has 0 bridgehead atoms. The molecular weight excluding hydrogens is 346 g/mol. The van der Waals surface area contributed by atoms with Crippen molar-refractivity contribution < 1.29 is 27.5 Å². The first kappa shape index (κ1) is 19.1. The van der Waals surface area contributed by atoms with Crippen LogP contribution in [0.15, 0.2) is 29.2 Å². The Hall–Kier alpha value is -2.22. The third kappa shape index (κ3) is 5.67. The van der Waals surface area contributed by atoms with Crippen LogP contribution in [0.4, 0.5) is 0 Å². The molecule has 1 saturated carbocycles. The minimum Gasteiger partial charge on any atom is -0.452 e. The van der Waals surface area contributed by atoms with Crippen molar-refractivity contribution in [3.8, 4) is 0 Å². The average molecular weight is 367 g/mol. The van der Waals surface area contributed by atoms with E-state index in [0.717, 1.165) is 38.4 Å². The maximum absolute atomic E-state index is 11.9. The zero-order valence-electron chi connectivity index (χ0n) is 14.0. The summed E-state index contributed by atoms with van der Waals surface area (Å²) in [4.78, 5) is 35.6. The average Bonchev–Trinajstić information content (AvgIpc) is 2.59. The van der Waals surface area contributed by atoms with E-state index < -0.39 is 28.3 Å². The van der Waals surface area contributed by atoms with Crippen LogP contribution in [0, 0.1) is 5.92 Å². The highest BCUT2D eigenvalue weighted by Gasteiger charge is 2.23. The molecule has 7 nitrogen and oxygen atoms in total. The van der Waals surface area contributed by atoms with Crippen molar-refractivity contribution in [1.82, 2.24) is 5.32 Å². The summed E-state index contributed by atoms with van der Waals surface area (Å²) in [7, 11) is -3.35. The smallest absolute Gasteiger partial charge is 0.338 e. The van der Waals surface area contributed by atoms with Crippen LogP contribution in [0.2, 0.25) is 0 Å². The van der Waals surface area contributed by atoms with Crippen LogP contribution >= 0.6 is 0 Å². The van der Waals surface area contributed by atoms with Gasteiger partial charge in [0.1, 0.15) is 0 Å². The van der Waals surface area contributed by atoms with Gasteiger partial charge in [-0.05, 0) is 37.1 Å². The molecule has 0 heterocycles. The summed E-state index contributed by atoms with van der Waals surface area (Å²) in [5.41, 5.74) is 0.124. The van der Waals surface area contributed by atoms with Gasteiger partial charge in [-0.25, -0.2) is 13.2 Å². The fraction of sp³-hybridized carbons (Fsp3) is 0.471. The van der Waals surface area contributed by atoms with Crippen LogP contribution in [0.25, 0.3) is 0 Å². The molecule has 0 aromatic heterocycles. The molecule has 0 atom stereocenters. The second-order valence-electron chi connectivity index (χ2n) is 6.12. The van der Waals surface area contributed by atoms with Gasteiger partial charge in [-0.15, -0.1) is 0 Å². The van der Waals surface area contributed by atoms with E-state index in [0.29, 0.717) is 0 Å². The van der Waals surface area contributed by atoms with E-state index in [1.165, 1.54) is 24.3 Å². The van der Waals surface area contributed by atoms with Crippen molar-refractivity contribution in [2.45, 2.75) is 37.0 Å². The molecule has 0 saturated heterocycles. The lowest BCUT2D eigenvalue weighted by atomic mass is 9.89. The summed E-state index contributed by atoms with van der Waals surface area (Å²) in [6.07, 6.45) is 5.66. The Balaban J connectivity index is 1.82. The van der Waals surface area contributed by atoms with Gasteiger partial charge in [-0.1, -0.05) is 19.3 Å². The first-order valence-electron chi connectivity index (χ1n) is 8.08. The fourth-order valence-electron chi connectivity index (χ4n) is 2.69. The zero-order chi connectivity index (χ0) is 18.4. The molecule has 1 aliphatic carbocycles. The van der Waals surface area contributed by atoms with Gasteiger partial charge >= 0.3 is 5.97 Å². The van der Waals surface area contributed by atoms with Crippen LogP contribution in [-0.4, -0.2) is 39.1 Å². The predicted octanol–water partition coefficient (Wildman–Crippen LogP) is 1.47. The fourth-order valence-corrected chi connectivity index (χ4v) is 3.32. The molecule has 0 aliphatic heterocycles. The number of nitrogens with one attached hydrogen (secondary N) is 1. The normalized spacial score (nSPS) is 15.4. The quantitative estimate of drug-likeness (QED) is 0.790. The highest BCUT2D eigenvalue weighted by molar-refractivity contribution is 7.90. The highest BCUT2D eigenvalue weighted by Crippen LogP contribution is 2.23. The van der Waals surface area contributed by atoms with E-state index in [2.05, 4.69) is 5.32 Å². The predicted molar refractivity (Wildman–Crippen MR) is 89.6 cm³/mol. The lowest BCUT2D eigenvalue weighted by Crippen LogP contribution is -2.38. The maximum Gasteiger partial charge on any atom is 0.338 e. The molecule has 136 valence electrons. The van der Waals surface area contributed by atoms with Gasteiger partial charge in [0.05, 0.1) is 10.5 Å². The number of esters is 1. The maximum atomic E-state index is 11.9. The number of hydrogen-bond donors (Lipinski definition) is 1. The summed E-state index contributed by atoms with van der Waals surface area (Å²) in [5.74, 6) is -1.91. The standard InChI is InChI=1S/C17H21NO6S/c1-25(22,23)14-9-7-13(8-10-14)17(21)24-11-15(19)18-16(20)12-5-3-2-4-6-12/h7-10,12H,2-6,11H2,1H3,(H,18,19,20). The van der Waals surface area contributed by atoms with Crippen LogP contribution in [0.1, 0.15) is 42.5 Å². The summed E-state index contributed by atoms with van der Waals surface area (Å²) in [6, 6.07) is 5.20. The molecule has 2 amide bonds. The number of hydrogen-bond acceptors (Lipinski definition) is 6. The number of benzene rings is 1. The molecule has 8 heteroatoms. The van der Waals surface area contributed by atoms with E-state index in [9.17, 15) is 22.8 Å². The molecule has 1 aliphatic rings. The first-order chi connectivity index (χ1) is 11.8. The molecular formula is C17H21NO6S. The monoisotopic (exact) mass is 367 g/mol. The van der Waals surface area contributed by atoms with Crippen LogP contribution < -0.4 is 5.32 Å². The van der Waals surface area contributed by atoms with E-state index in [1.807, 2.05) is 0 Å². The molecule has 0 radical (unpaired) electrons.